The first-order valence-corrected chi connectivity index (χ1v) is 10.2. The number of aromatic nitrogens is 2. The molecule has 2 aliphatic rings. The highest BCUT2D eigenvalue weighted by Gasteiger charge is 2.43. The van der Waals surface area contributed by atoms with Crippen LogP contribution in [0.3, 0.4) is 0 Å². The zero-order chi connectivity index (χ0) is 18.5. The van der Waals surface area contributed by atoms with Crippen molar-refractivity contribution in [2.24, 2.45) is 11.8 Å². The number of likely N-dealkylation sites (tertiary alicyclic amines) is 1. The Morgan fingerprint density at radius 2 is 2.00 bits per heavy atom. The third kappa shape index (κ3) is 3.47. The largest absolute Gasteiger partial charge is 0.444 e. The van der Waals surface area contributed by atoms with E-state index in [0.29, 0.717) is 23.0 Å². The van der Waals surface area contributed by atoms with Crippen molar-refractivity contribution in [2.75, 3.05) is 18.4 Å². The highest BCUT2D eigenvalue weighted by atomic mass is 35.5. The summed E-state index contributed by atoms with van der Waals surface area (Å²) in [6.45, 7) is 7.26. The van der Waals surface area contributed by atoms with Crippen LogP contribution in [0, 0.1) is 11.8 Å². The van der Waals surface area contributed by atoms with Gasteiger partial charge in [-0.25, -0.2) is 4.79 Å². The topological polar surface area (TPSA) is 67.3 Å². The quantitative estimate of drug-likeness (QED) is 0.817. The van der Waals surface area contributed by atoms with Crippen LogP contribution in [-0.2, 0) is 4.74 Å². The number of amides is 1. The summed E-state index contributed by atoms with van der Waals surface area (Å²) in [6.07, 6.45) is 1.86. The molecule has 1 saturated heterocycles. The number of carbonyl (C=O) groups is 1. The summed E-state index contributed by atoms with van der Waals surface area (Å²) >= 11 is 7.74. The van der Waals surface area contributed by atoms with Gasteiger partial charge in [0.15, 0.2) is 11.0 Å². The zero-order valence-electron chi connectivity index (χ0n) is 15.2. The van der Waals surface area contributed by atoms with Gasteiger partial charge in [-0.2, -0.15) is 0 Å². The second-order valence-corrected chi connectivity index (χ2v) is 9.50. The maximum Gasteiger partial charge on any atom is 0.410 e. The van der Waals surface area contributed by atoms with Gasteiger partial charge in [-0.3, -0.25) is 0 Å². The third-order valence-electron chi connectivity index (χ3n) is 5.08. The Balaban J connectivity index is 1.38. The highest BCUT2D eigenvalue weighted by Crippen LogP contribution is 2.40. The number of halogens is 1. The maximum absolute atomic E-state index is 12.3. The van der Waals surface area contributed by atoms with E-state index in [2.05, 4.69) is 15.5 Å². The Morgan fingerprint density at radius 1 is 1.31 bits per heavy atom. The number of carbonyl (C=O) groups excluding carboxylic acids is 1. The lowest BCUT2D eigenvalue weighted by Crippen LogP contribution is -2.36. The van der Waals surface area contributed by atoms with Crippen LogP contribution < -0.4 is 5.32 Å². The van der Waals surface area contributed by atoms with Gasteiger partial charge in [0.2, 0.25) is 0 Å². The first kappa shape index (κ1) is 17.8. The molecule has 2 aromatic rings. The van der Waals surface area contributed by atoms with E-state index in [9.17, 15) is 4.79 Å². The van der Waals surface area contributed by atoms with Gasteiger partial charge in [-0.1, -0.05) is 11.6 Å². The Hall–Kier alpha value is -1.60. The van der Waals surface area contributed by atoms with Crippen molar-refractivity contribution in [2.45, 2.75) is 45.3 Å². The summed E-state index contributed by atoms with van der Waals surface area (Å²) in [5.74, 6) is 1.84. The molecule has 26 heavy (non-hydrogen) atoms. The van der Waals surface area contributed by atoms with Gasteiger partial charge in [0.05, 0.1) is 4.70 Å². The minimum absolute atomic E-state index is 0.194. The van der Waals surface area contributed by atoms with Crippen LogP contribution in [0.1, 0.15) is 33.6 Å². The van der Waals surface area contributed by atoms with Gasteiger partial charge in [0, 0.05) is 24.5 Å². The zero-order valence-corrected chi connectivity index (χ0v) is 16.7. The number of rotatable bonds is 2. The van der Waals surface area contributed by atoms with Crippen molar-refractivity contribution in [1.29, 1.82) is 0 Å². The Labute approximate surface area is 161 Å². The van der Waals surface area contributed by atoms with Crippen LogP contribution in [0.5, 0.6) is 0 Å². The number of thiophene rings is 1. The smallest absolute Gasteiger partial charge is 0.410 e. The molecule has 0 spiro atoms. The molecule has 0 radical (unpaired) electrons. The molecule has 140 valence electrons. The number of nitrogens with zero attached hydrogens (tertiary/aromatic N) is 3. The third-order valence-corrected chi connectivity index (χ3v) is 6.28. The van der Waals surface area contributed by atoms with Crippen LogP contribution in [0.25, 0.3) is 10.1 Å². The number of hydrogen-bond donors (Lipinski definition) is 1. The predicted octanol–water partition coefficient (Wildman–Crippen LogP) is 4.40. The van der Waals surface area contributed by atoms with E-state index in [-0.39, 0.29) is 6.09 Å². The van der Waals surface area contributed by atoms with Crippen molar-refractivity contribution in [3.63, 3.8) is 0 Å². The molecule has 1 amide bonds. The molecule has 1 aliphatic carbocycles. The molecule has 2 aromatic heterocycles. The Morgan fingerprint density at radius 3 is 2.65 bits per heavy atom. The fraction of sp³-hybridized carbons (Fsp3) is 0.611. The molecule has 1 saturated carbocycles. The van der Waals surface area contributed by atoms with E-state index in [4.69, 9.17) is 16.3 Å². The van der Waals surface area contributed by atoms with Crippen LogP contribution >= 0.6 is 22.9 Å². The maximum atomic E-state index is 12.3. The molecule has 3 heterocycles. The molecule has 1 N–H and O–H groups in total. The monoisotopic (exact) mass is 394 g/mol. The van der Waals surface area contributed by atoms with Gasteiger partial charge in [-0.05, 0) is 56.9 Å². The number of hydrogen-bond acceptors (Lipinski definition) is 6. The first-order valence-electron chi connectivity index (χ1n) is 8.94. The predicted molar refractivity (Wildman–Crippen MR) is 104 cm³/mol. The van der Waals surface area contributed by atoms with E-state index in [1.807, 2.05) is 37.1 Å². The standard InChI is InChI=1S/C18H23ClN4O2S/c1-18(2,3)25-17(24)23-8-10-6-12(7-11(10)9-23)20-16-14-13(4-5-26-14)15(19)21-22-16/h4-5,10-12H,6-9H2,1-3H3,(H,20,22)/t10-,11?,12+/m1/s1. The number of nitrogens with one attached hydrogen (secondary N) is 1. The average molecular weight is 395 g/mol. The lowest BCUT2D eigenvalue weighted by molar-refractivity contribution is 0.0280. The molecule has 0 bridgehead atoms. The van der Waals surface area contributed by atoms with E-state index >= 15 is 0 Å². The molecule has 1 aliphatic heterocycles. The van der Waals surface area contributed by atoms with Crippen molar-refractivity contribution >= 4 is 44.9 Å². The molecular formula is C18H23ClN4O2S. The fourth-order valence-electron chi connectivity index (χ4n) is 4.03. The molecule has 6 nitrogen and oxygen atoms in total. The summed E-state index contributed by atoms with van der Waals surface area (Å²) in [5, 5.41) is 15.3. The first-order chi connectivity index (χ1) is 12.3. The van der Waals surface area contributed by atoms with E-state index < -0.39 is 5.60 Å². The summed E-state index contributed by atoms with van der Waals surface area (Å²) < 4.78 is 6.56. The molecule has 3 atom stereocenters. The molecule has 8 heteroatoms. The van der Waals surface area contributed by atoms with Crippen molar-refractivity contribution < 1.29 is 9.53 Å². The molecule has 4 rings (SSSR count). The lowest BCUT2D eigenvalue weighted by Gasteiger charge is -2.25. The summed E-state index contributed by atoms with van der Waals surface area (Å²) in [4.78, 5) is 14.1. The Kier molecular flexibility index (Phi) is 4.47. The summed E-state index contributed by atoms with van der Waals surface area (Å²) in [5.41, 5.74) is -0.446. The second-order valence-electron chi connectivity index (χ2n) is 8.22. The number of ether oxygens (including phenoxy) is 1. The summed E-state index contributed by atoms with van der Waals surface area (Å²) in [6, 6.07) is 2.33. The van der Waals surface area contributed by atoms with E-state index in [1.54, 1.807) is 11.3 Å². The summed E-state index contributed by atoms with van der Waals surface area (Å²) in [7, 11) is 0. The molecular weight excluding hydrogens is 372 g/mol. The number of anilines is 1. The normalized spacial score (nSPS) is 25.5. The lowest BCUT2D eigenvalue weighted by atomic mass is 10.0. The average Bonchev–Trinajstić information content (AvgIpc) is 3.22. The van der Waals surface area contributed by atoms with Gasteiger partial charge in [-0.15, -0.1) is 21.5 Å². The van der Waals surface area contributed by atoms with Crippen LogP contribution in [0.15, 0.2) is 11.4 Å². The van der Waals surface area contributed by atoms with Crippen molar-refractivity contribution in [1.82, 2.24) is 15.1 Å². The molecule has 1 unspecified atom stereocenters. The van der Waals surface area contributed by atoms with Crippen molar-refractivity contribution in [3.8, 4) is 0 Å². The van der Waals surface area contributed by atoms with Gasteiger partial charge in [0.1, 0.15) is 5.60 Å². The van der Waals surface area contributed by atoms with Gasteiger partial charge < -0.3 is 15.0 Å². The molecule has 2 fully saturated rings. The second kappa shape index (κ2) is 6.53. The minimum atomic E-state index is -0.446. The fourth-order valence-corrected chi connectivity index (χ4v) is 5.12. The van der Waals surface area contributed by atoms with Crippen LogP contribution in [0.4, 0.5) is 10.6 Å². The number of fused-ring (bicyclic) bond motifs is 2. The van der Waals surface area contributed by atoms with E-state index in [0.717, 1.165) is 41.8 Å². The molecule has 0 aromatic carbocycles. The van der Waals surface area contributed by atoms with E-state index in [1.165, 1.54) is 0 Å². The SMILES string of the molecule is CC(C)(C)OC(=O)N1CC2C[C@@H](Nc3nnc(Cl)c4ccsc34)C[C@@H]2C1. The minimum Gasteiger partial charge on any atom is -0.444 e. The van der Waals surface area contributed by atoms with Gasteiger partial charge in [0.25, 0.3) is 0 Å². The Bertz CT molecular complexity index is 820. The van der Waals surface area contributed by atoms with Gasteiger partial charge >= 0.3 is 6.09 Å². The highest BCUT2D eigenvalue weighted by molar-refractivity contribution is 7.17. The van der Waals surface area contributed by atoms with Crippen LogP contribution in [0.2, 0.25) is 5.15 Å². The van der Waals surface area contributed by atoms with Crippen LogP contribution in [-0.4, -0.2) is 45.9 Å². The van der Waals surface area contributed by atoms with Crippen molar-refractivity contribution in [3.05, 3.63) is 16.6 Å².